The van der Waals surface area contributed by atoms with E-state index in [4.69, 9.17) is 14.2 Å². The van der Waals surface area contributed by atoms with Crippen LogP contribution in [0.25, 0.3) is 0 Å². The van der Waals surface area contributed by atoms with Crippen LogP contribution < -0.4 is 9.47 Å². The first-order chi connectivity index (χ1) is 12.8. The zero-order valence-electron chi connectivity index (χ0n) is 16.0. The third kappa shape index (κ3) is 3.40. The SMILES string of the molecule is CC(C)(C)OC(=O)N1CCC2(C=CC(=O)CC2)c2cc3c(cc2C1)OCO3. The summed E-state index contributed by atoms with van der Waals surface area (Å²) in [5, 5.41) is 0. The molecule has 1 aromatic rings. The highest BCUT2D eigenvalue weighted by atomic mass is 16.7. The maximum absolute atomic E-state index is 12.7. The van der Waals surface area contributed by atoms with Crippen LogP contribution in [0.1, 0.15) is 51.2 Å². The van der Waals surface area contributed by atoms with Crippen molar-refractivity contribution in [2.24, 2.45) is 0 Å². The minimum absolute atomic E-state index is 0.149. The van der Waals surface area contributed by atoms with Crippen molar-refractivity contribution in [3.63, 3.8) is 0 Å². The number of fused-ring (bicyclic) bond motifs is 3. The van der Waals surface area contributed by atoms with Gasteiger partial charge in [-0.05, 0) is 62.9 Å². The highest BCUT2D eigenvalue weighted by Gasteiger charge is 2.40. The number of amides is 1. The molecule has 0 saturated heterocycles. The molecule has 27 heavy (non-hydrogen) atoms. The van der Waals surface area contributed by atoms with Gasteiger partial charge < -0.3 is 19.1 Å². The number of hydrogen-bond donors (Lipinski definition) is 0. The van der Waals surface area contributed by atoms with E-state index in [1.165, 1.54) is 0 Å². The first-order valence-corrected chi connectivity index (χ1v) is 9.39. The summed E-state index contributed by atoms with van der Waals surface area (Å²) in [6.07, 6.45) is 5.36. The van der Waals surface area contributed by atoms with E-state index in [9.17, 15) is 9.59 Å². The van der Waals surface area contributed by atoms with Crippen LogP contribution in [0.15, 0.2) is 24.3 Å². The fourth-order valence-corrected chi connectivity index (χ4v) is 4.01. The molecule has 0 saturated carbocycles. The van der Waals surface area contributed by atoms with Gasteiger partial charge in [0.15, 0.2) is 17.3 Å². The lowest BCUT2D eigenvalue weighted by Gasteiger charge is -2.33. The van der Waals surface area contributed by atoms with E-state index in [-0.39, 0.29) is 24.1 Å². The van der Waals surface area contributed by atoms with Crippen molar-refractivity contribution < 1.29 is 23.8 Å². The maximum Gasteiger partial charge on any atom is 0.410 e. The van der Waals surface area contributed by atoms with E-state index in [2.05, 4.69) is 0 Å². The molecule has 1 spiro atoms. The second-order valence-corrected chi connectivity index (χ2v) is 8.47. The number of ketones is 1. The molecule has 3 aliphatic rings. The predicted molar refractivity (Wildman–Crippen MR) is 98.9 cm³/mol. The average molecular weight is 371 g/mol. The fourth-order valence-electron chi connectivity index (χ4n) is 4.01. The van der Waals surface area contributed by atoms with Crippen LogP contribution in [0.4, 0.5) is 4.79 Å². The predicted octanol–water partition coefficient (Wildman–Crippen LogP) is 3.71. The van der Waals surface area contributed by atoms with E-state index in [0.717, 1.165) is 29.7 Å². The third-order valence-corrected chi connectivity index (χ3v) is 5.38. The summed E-state index contributed by atoms with van der Waals surface area (Å²) >= 11 is 0. The molecule has 2 aliphatic heterocycles. The van der Waals surface area contributed by atoms with Gasteiger partial charge >= 0.3 is 6.09 Å². The molecule has 6 nitrogen and oxygen atoms in total. The van der Waals surface area contributed by atoms with Gasteiger partial charge in [0.1, 0.15) is 5.60 Å². The van der Waals surface area contributed by atoms with E-state index >= 15 is 0 Å². The van der Waals surface area contributed by atoms with Gasteiger partial charge in [0, 0.05) is 24.9 Å². The monoisotopic (exact) mass is 371 g/mol. The molecule has 1 aromatic carbocycles. The Kier molecular flexibility index (Phi) is 4.17. The van der Waals surface area contributed by atoms with Gasteiger partial charge in [-0.1, -0.05) is 6.08 Å². The number of benzene rings is 1. The Morgan fingerprint density at radius 1 is 1.19 bits per heavy atom. The van der Waals surface area contributed by atoms with E-state index < -0.39 is 5.60 Å². The number of ether oxygens (including phenoxy) is 3. The van der Waals surface area contributed by atoms with Crippen LogP contribution in [0.2, 0.25) is 0 Å². The Morgan fingerprint density at radius 3 is 2.59 bits per heavy atom. The molecule has 0 fully saturated rings. The van der Waals surface area contributed by atoms with Crippen molar-refractivity contribution in [2.45, 2.75) is 57.6 Å². The molecule has 144 valence electrons. The number of carbonyl (C=O) groups excluding carboxylic acids is 2. The van der Waals surface area contributed by atoms with Gasteiger partial charge in [-0.15, -0.1) is 0 Å². The summed E-state index contributed by atoms with van der Waals surface area (Å²) in [5.74, 6) is 1.58. The highest BCUT2D eigenvalue weighted by Crippen LogP contribution is 2.46. The van der Waals surface area contributed by atoms with Crippen LogP contribution in [-0.2, 0) is 21.5 Å². The first-order valence-electron chi connectivity index (χ1n) is 9.39. The molecule has 2 heterocycles. The largest absolute Gasteiger partial charge is 0.454 e. The molecule has 0 radical (unpaired) electrons. The summed E-state index contributed by atoms with van der Waals surface area (Å²) in [6.45, 7) is 6.82. The Morgan fingerprint density at radius 2 is 1.93 bits per heavy atom. The maximum atomic E-state index is 12.7. The van der Waals surface area contributed by atoms with E-state index in [0.29, 0.717) is 25.3 Å². The van der Waals surface area contributed by atoms with Crippen molar-refractivity contribution in [1.82, 2.24) is 4.90 Å². The smallest absolute Gasteiger partial charge is 0.410 e. The van der Waals surface area contributed by atoms with Crippen molar-refractivity contribution in [2.75, 3.05) is 13.3 Å². The molecule has 0 bridgehead atoms. The zero-order valence-corrected chi connectivity index (χ0v) is 16.0. The Balaban J connectivity index is 1.74. The molecule has 1 atom stereocenters. The minimum Gasteiger partial charge on any atom is -0.454 e. The highest BCUT2D eigenvalue weighted by molar-refractivity contribution is 5.91. The number of nitrogens with zero attached hydrogens (tertiary/aromatic N) is 1. The summed E-state index contributed by atoms with van der Waals surface area (Å²) < 4.78 is 16.7. The average Bonchev–Trinajstić information content (AvgIpc) is 2.99. The van der Waals surface area contributed by atoms with Crippen molar-refractivity contribution in [1.29, 1.82) is 0 Å². The first kappa shape index (κ1) is 17.9. The Labute approximate surface area is 159 Å². The van der Waals surface area contributed by atoms with Crippen LogP contribution in [-0.4, -0.2) is 35.7 Å². The molecule has 1 unspecified atom stereocenters. The van der Waals surface area contributed by atoms with Gasteiger partial charge in [-0.25, -0.2) is 4.79 Å². The topological polar surface area (TPSA) is 65.1 Å². The molecule has 0 aromatic heterocycles. The summed E-state index contributed by atoms with van der Waals surface area (Å²) in [7, 11) is 0. The molecule has 0 N–H and O–H groups in total. The summed E-state index contributed by atoms with van der Waals surface area (Å²) in [4.78, 5) is 26.2. The lowest BCUT2D eigenvalue weighted by molar-refractivity contribution is -0.115. The van der Waals surface area contributed by atoms with Crippen molar-refractivity contribution >= 4 is 11.9 Å². The molecule has 6 heteroatoms. The lowest BCUT2D eigenvalue weighted by Crippen LogP contribution is -2.37. The summed E-state index contributed by atoms with van der Waals surface area (Å²) in [5.41, 5.74) is 1.31. The standard InChI is InChI=1S/C21H25NO5/c1-20(2,3)27-19(24)22-9-8-21(6-4-15(23)5-7-21)16-11-18-17(25-13-26-18)10-14(16)12-22/h4,6,10-11H,5,7-9,12-13H2,1-3H3. The van der Waals surface area contributed by atoms with Crippen molar-refractivity contribution in [3.05, 3.63) is 35.4 Å². The molecule has 1 aliphatic carbocycles. The fraction of sp³-hybridized carbons (Fsp3) is 0.524. The minimum atomic E-state index is -0.546. The van der Waals surface area contributed by atoms with Crippen molar-refractivity contribution in [3.8, 4) is 11.5 Å². The Hall–Kier alpha value is -2.50. The van der Waals surface area contributed by atoms with E-state index in [1.54, 1.807) is 11.0 Å². The Bertz CT molecular complexity index is 823. The zero-order chi connectivity index (χ0) is 19.2. The number of rotatable bonds is 0. The van der Waals surface area contributed by atoms with Gasteiger partial charge in [-0.2, -0.15) is 0 Å². The normalized spacial score (nSPS) is 24.0. The molecular formula is C21H25NO5. The van der Waals surface area contributed by atoms with Crippen LogP contribution in [0, 0.1) is 0 Å². The van der Waals surface area contributed by atoms with Gasteiger partial charge in [0.2, 0.25) is 6.79 Å². The van der Waals surface area contributed by atoms with E-state index in [1.807, 2.05) is 39.0 Å². The molecule has 4 rings (SSSR count). The number of carbonyl (C=O) groups is 2. The van der Waals surface area contributed by atoms with Gasteiger partial charge in [0.05, 0.1) is 0 Å². The third-order valence-electron chi connectivity index (χ3n) is 5.38. The molecular weight excluding hydrogens is 346 g/mol. The summed E-state index contributed by atoms with van der Waals surface area (Å²) in [6, 6.07) is 3.99. The second kappa shape index (κ2) is 6.29. The van der Waals surface area contributed by atoms with Gasteiger partial charge in [-0.3, -0.25) is 4.79 Å². The lowest BCUT2D eigenvalue weighted by atomic mass is 9.70. The van der Waals surface area contributed by atoms with Gasteiger partial charge in [0.25, 0.3) is 0 Å². The number of hydrogen-bond acceptors (Lipinski definition) is 5. The second-order valence-electron chi connectivity index (χ2n) is 8.47. The number of allylic oxidation sites excluding steroid dienone is 2. The van der Waals surface area contributed by atoms with Crippen LogP contribution in [0.5, 0.6) is 11.5 Å². The van der Waals surface area contributed by atoms with Crippen LogP contribution in [0.3, 0.4) is 0 Å². The quantitative estimate of drug-likeness (QED) is 0.695. The molecule has 1 amide bonds. The van der Waals surface area contributed by atoms with Crippen LogP contribution >= 0.6 is 0 Å².